The normalized spacial score (nSPS) is 10.8. The largest absolute Gasteiger partial charge is 0.453 e. The fourth-order valence-corrected chi connectivity index (χ4v) is 2.77. The minimum Gasteiger partial charge on any atom is -0.453 e. The van der Waals surface area contributed by atoms with Crippen LogP contribution in [0.3, 0.4) is 0 Å². The summed E-state index contributed by atoms with van der Waals surface area (Å²) in [5.74, 6) is -0.277. The maximum atomic E-state index is 12.1. The van der Waals surface area contributed by atoms with Gasteiger partial charge < -0.3 is 14.5 Å². The molecular weight excluding hydrogens is 354 g/mol. The van der Waals surface area contributed by atoms with Gasteiger partial charge in [0.2, 0.25) is 0 Å². The first-order valence-corrected chi connectivity index (χ1v) is 8.85. The number of hydrogen-bond acceptors (Lipinski definition) is 5. The van der Waals surface area contributed by atoms with E-state index >= 15 is 0 Å². The monoisotopic (exact) mass is 373 g/mol. The van der Waals surface area contributed by atoms with E-state index in [1.54, 1.807) is 12.3 Å². The zero-order chi connectivity index (χ0) is 19.5. The van der Waals surface area contributed by atoms with Gasteiger partial charge >= 0.3 is 6.01 Å². The van der Waals surface area contributed by atoms with Gasteiger partial charge in [-0.3, -0.25) is 4.79 Å². The van der Waals surface area contributed by atoms with Crippen LogP contribution < -0.4 is 10.1 Å². The lowest BCUT2D eigenvalue weighted by molar-refractivity contribution is -0.118. The van der Waals surface area contributed by atoms with Gasteiger partial charge in [0, 0.05) is 35.5 Å². The second-order valence-electron chi connectivity index (χ2n) is 6.49. The standard InChI is InChI=1S/C21H19N5O2/c1-14-8-10-26-12-18(25-19(26)11-14)16-3-5-17(6-4-16)24-20(27)13-28-21-22-9-7-15(2)23-21/h3-12H,13H2,1-2H3,(H,24,27). The van der Waals surface area contributed by atoms with Gasteiger partial charge in [0.1, 0.15) is 5.65 Å². The predicted octanol–water partition coefficient (Wildman–Crippen LogP) is 3.43. The number of pyridine rings is 1. The minimum atomic E-state index is -0.277. The average molecular weight is 373 g/mol. The van der Waals surface area contributed by atoms with Gasteiger partial charge in [0.15, 0.2) is 6.61 Å². The van der Waals surface area contributed by atoms with E-state index in [-0.39, 0.29) is 18.5 Å². The summed E-state index contributed by atoms with van der Waals surface area (Å²) in [6.45, 7) is 3.72. The molecule has 0 aliphatic heterocycles. The smallest absolute Gasteiger partial charge is 0.317 e. The molecule has 7 nitrogen and oxygen atoms in total. The first kappa shape index (κ1) is 17.7. The molecule has 0 saturated carbocycles. The van der Waals surface area contributed by atoms with Crippen molar-refractivity contribution in [3.05, 3.63) is 72.3 Å². The summed E-state index contributed by atoms with van der Waals surface area (Å²) >= 11 is 0. The van der Waals surface area contributed by atoms with E-state index in [1.807, 2.05) is 67.0 Å². The SMILES string of the molecule is Cc1ccn2cc(-c3ccc(NC(=O)COc4nccc(C)n4)cc3)nc2c1. The Labute approximate surface area is 162 Å². The Bertz CT molecular complexity index is 1140. The van der Waals surface area contributed by atoms with Gasteiger partial charge in [-0.2, -0.15) is 0 Å². The summed E-state index contributed by atoms with van der Waals surface area (Å²) in [6, 6.07) is 13.6. The number of benzene rings is 1. The van der Waals surface area contributed by atoms with Crippen LogP contribution in [0, 0.1) is 13.8 Å². The number of carbonyl (C=O) groups excluding carboxylic acids is 1. The summed E-state index contributed by atoms with van der Waals surface area (Å²) in [4.78, 5) is 24.8. The van der Waals surface area contributed by atoms with Crippen molar-refractivity contribution in [1.82, 2.24) is 19.4 Å². The number of carbonyl (C=O) groups is 1. The van der Waals surface area contributed by atoms with Gasteiger partial charge in [-0.1, -0.05) is 12.1 Å². The highest BCUT2D eigenvalue weighted by Gasteiger charge is 2.08. The Morgan fingerprint density at radius 1 is 1.11 bits per heavy atom. The van der Waals surface area contributed by atoms with E-state index in [9.17, 15) is 4.79 Å². The molecule has 7 heteroatoms. The summed E-state index contributed by atoms with van der Waals surface area (Å²) in [5, 5.41) is 2.79. The molecule has 4 rings (SSSR count). The molecule has 1 N–H and O–H groups in total. The Hall–Kier alpha value is -3.74. The third-order valence-corrected chi connectivity index (χ3v) is 4.19. The second kappa shape index (κ2) is 7.48. The van der Waals surface area contributed by atoms with Crippen LogP contribution in [0.5, 0.6) is 6.01 Å². The summed E-state index contributed by atoms with van der Waals surface area (Å²) in [6.07, 6.45) is 5.57. The Morgan fingerprint density at radius 2 is 1.93 bits per heavy atom. The Morgan fingerprint density at radius 3 is 2.71 bits per heavy atom. The number of aryl methyl sites for hydroxylation is 2. The number of amides is 1. The number of nitrogens with one attached hydrogen (secondary N) is 1. The number of anilines is 1. The number of aromatic nitrogens is 4. The first-order chi connectivity index (χ1) is 13.6. The van der Waals surface area contributed by atoms with Crippen molar-refractivity contribution in [2.75, 3.05) is 11.9 Å². The molecule has 4 aromatic rings. The lowest BCUT2D eigenvalue weighted by atomic mass is 10.1. The van der Waals surface area contributed by atoms with Crippen LogP contribution in [-0.4, -0.2) is 31.9 Å². The van der Waals surface area contributed by atoms with Crippen molar-refractivity contribution in [2.24, 2.45) is 0 Å². The van der Waals surface area contributed by atoms with Gasteiger partial charge in [-0.25, -0.2) is 15.0 Å². The molecule has 0 saturated heterocycles. The molecule has 1 aromatic carbocycles. The highest BCUT2D eigenvalue weighted by molar-refractivity contribution is 5.92. The van der Waals surface area contributed by atoms with Gasteiger partial charge in [-0.15, -0.1) is 0 Å². The van der Waals surface area contributed by atoms with Crippen molar-refractivity contribution < 1.29 is 9.53 Å². The fourth-order valence-electron chi connectivity index (χ4n) is 2.77. The highest BCUT2D eigenvalue weighted by atomic mass is 16.5. The van der Waals surface area contributed by atoms with Gasteiger partial charge in [-0.05, 0) is 49.7 Å². The van der Waals surface area contributed by atoms with Gasteiger partial charge in [0.25, 0.3) is 5.91 Å². The van der Waals surface area contributed by atoms with Crippen LogP contribution in [0.2, 0.25) is 0 Å². The summed E-state index contributed by atoms with van der Waals surface area (Å²) in [5.41, 5.74) is 5.39. The molecule has 0 spiro atoms. The van der Waals surface area contributed by atoms with E-state index in [2.05, 4.69) is 20.3 Å². The molecule has 3 heterocycles. The van der Waals surface area contributed by atoms with Crippen LogP contribution in [0.25, 0.3) is 16.9 Å². The van der Waals surface area contributed by atoms with Crippen molar-refractivity contribution in [3.63, 3.8) is 0 Å². The average Bonchev–Trinajstić information content (AvgIpc) is 3.10. The maximum Gasteiger partial charge on any atom is 0.317 e. The van der Waals surface area contributed by atoms with Crippen LogP contribution in [0.4, 0.5) is 5.69 Å². The van der Waals surface area contributed by atoms with Crippen LogP contribution in [0.1, 0.15) is 11.3 Å². The number of rotatable bonds is 5. The molecule has 3 aromatic heterocycles. The maximum absolute atomic E-state index is 12.1. The van der Waals surface area contributed by atoms with Crippen molar-refractivity contribution in [3.8, 4) is 17.3 Å². The summed E-state index contributed by atoms with van der Waals surface area (Å²) in [7, 11) is 0. The Kier molecular flexibility index (Phi) is 4.72. The zero-order valence-electron chi connectivity index (χ0n) is 15.6. The van der Waals surface area contributed by atoms with Gasteiger partial charge in [0.05, 0.1) is 5.69 Å². The minimum absolute atomic E-state index is 0.156. The quantitative estimate of drug-likeness (QED) is 0.580. The van der Waals surface area contributed by atoms with E-state index in [4.69, 9.17) is 4.74 Å². The van der Waals surface area contributed by atoms with E-state index in [1.165, 1.54) is 5.56 Å². The first-order valence-electron chi connectivity index (χ1n) is 8.85. The number of nitrogens with zero attached hydrogens (tertiary/aromatic N) is 4. The molecule has 140 valence electrons. The summed E-state index contributed by atoms with van der Waals surface area (Å²) < 4.78 is 7.30. The Balaban J connectivity index is 1.40. The lowest BCUT2D eigenvalue weighted by Gasteiger charge is -2.07. The molecule has 0 radical (unpaired) electrons. The topological polar surface area (TPSA) is 81.4 Å². The lowest BCUT2D eigenvalue weighted by Crippen LogP contribution is -2.20. The molecule has 0 fully saturated rings. The third-order valence-electron chi connectivity index (χ3n) is 4.19. The fraction of sp³-hybridized carbons (Fsp3) is 0.143. The van der Waals surface area contributed by atoms with E-state index in [0.29, 0.717) is 5.69 Å². The molecule has 0 atom stereocenters. The predicted molar refractivity (Wildman–Crippen MR) is 106 cm³/mol. The number of hydrogen-bond donors (Lipinski definition) is 1. The van der Waals surface area contributed by atoms with E-state index < -0.39 is 0 Å². The number of ether oxygens (including phenoxy) is 1. The molecule has 0 unspecified atom stereocenters. The molecular formula is C21H19N5O2. The number of fused-ring (bicyclic) bond motifs is 1. The van der Waals surface area contributed by atoms with E-state index in [0.717, 1.165) is 22.6 Å². The molecule has 0 aliphatic carbocycles. The second-order valence-corrected chi connectivity index (χ2v) is 6.49. The third kappa shape index (κ3) is 3.98. The van der Waals surface area contributed by atoms with Crippen molar-refractivity contribution in [1.29, 1.82) is 0 Å². The van der Waals surface area contributed by atoms with Crippen molar-refractivity contribution in [2.45, 2.75) is 13.8 Å². The molecule has 0 bridgehead atoms. The van der Waals surface area contributed by atoms with Crippen LogP contribution in [-0.2, 0) is 4.79 Å². The molecule has 1 amide bonds. The number of imidazole rings is 1. The van der Waals surface area contributed by atoms with Crippen molar-refractivity contribution >= 4 is 17.2 Å². The highest BCUT2D eigenvalue weighted by Crippen LogP contribution is 2.21. The molecule has 0 aliphatic rings. The zero-order valence-corrected chi connectivity index (χ0v) is 15.6. The van der Waals surface area contributed by atoms with Crippen LogP contribution >= 0.6 is 0 Å². The van der Waals surface area contributed by atoms with Crippen LogP contribution in [0.15, 0.2) is 61.1 Å². The molecule has 28 heavy (non-hydrogen) atoms.